The summed E-state index contributed by atoms with van der Waals surface area (Å²) >= 11 is 18.4. The fraction of sp³-hybridized carbons (Fsp3) is 0.235. The van der Waals surface area contributed by atoms with Crippen LogP contribution in [0.2, 0.25) is 15.1 Å². The molecular formula is C17H14Cl3NO3. The predicted octanol–water partition coefficient (Wildman–Crippen LogP) is 4.99. The maximum absolute atomic E-state index is 12.3. The maximum atomic E-state index is 12.3. The Morgan fingerprint density at radius 1 is 1.00 bits per heavy atom. The smallest absolute Gasteiger partial charge is 0.228 e. The fourth-order valence-corrected chi connectivity index (χ4v) is 3.07. The van der Waals surface area contributed by atoms with E-state index < -0.39 is 0 Å². The number of amides is 1. The van der Waals surface area contributed by atoms with Crippen molar-refractivity contribution in [1.82, 2.24) is 0 Å². The monoisotopic (exact) mass is 385 g/mol. The van der Waals surface area contributed by atoms with Gasteiger partial charge < -0.3 is 14.8 Å². The molecule has 126 valence electrons. The number of fused-ring (bicyclic) bond motifs is 1. The molecule has 7 heteroatoms. The molecular weight excluding hydrogens is 373 g/mol. The van der Waals surface area contributed by atoms with Crippen LogP contribution in [0.1, 0.15) is 12.0 Å². The molecule has 0 spiro atoms. The molecule has 2 aromatic rings. The molecule has 0 radical (unpaired) electrons. The van der Waals surface area contributed by atoms with E-state index in [1.807, 2.05) is 0 Å². The number of hydrogen-bond acceptors (Lipinski definition) is 3. The molecule has 0 atom stereocenters. The third-order valence-electron chi connectivity index (χ3n) is 3.51. The van der Waals surface area contributed by atoms with E-state index in [1.165, 1.54) is 0 Å². The zero-order valence-corrected chi connectivity index (χ0v) is 14.8. The van der Waals surface area contributed by atoms with E-state index in [-0.39, 0.29) is 12.3 Å². The van der Waals surface area contributed by atoms with Crippen molar-refractivity contribution in [3.63, 3.8) is 0 Å². The number of nitrogens with one attached hydrogen (secondary N) is 1. The number of halogens is 3. The Hall–Kier alpha value is -1.62. The highest BCUT2D eigenvalue weighted by atomic mass is 35.5. The Labute approximate surface area is 154 Å². The lowest BCUT2D eigenvalue weighted by molar-refractivity contribution is -0.115. The third-order valence-corrected chi connectivity index (χ3v) is 4.53. The number of ether oxygens (including phenoxy) is 2. The van der Waals surface area contributed by atoms with Crippen LogP contribution in [0.5, 0.6) is 11.5 Å². The second-order valence-corrected chi connectivity index (χ2v) is 6.48. The van der Waals surface area contributed by atoms with Gasteiger partial charge in [0.1, 0.15) is 0 Å². The Morgan fingerprint density at radius 2 is 1.62 bits per heavy atom. The molecule has 0 saturated carbocycles. The van der Waals surface area contributed by atoms with Crippen LogP contribution in [0.25, 0.3) is 0 Å². The molecule has 24 heavy (non-hydrogen) atoms. The van der Waals surface area contributed by atoms with Crippen LogP contribution < -0.4 is 14.8 Å². The first-order chi connectivity index (χ1) is 11.5. The van der Waals surface area contributed by atoms with Gasteiger partial charge in [0.2, 0.25) is 5.91 Å². The number of rotatable bonds is 3. The van der Waals surface area contributed by atoms with Gasteiger partial charge in [-0.15, -0.1) is 0 Å². The number of anilines is 1. The van der Waals surface area contributed by atoms with Crippen molar-refractivity contribution in [2.24, 2.45) is 0 Å². The molecule has 0 saturated heterocycles. The SMILES string of the molecule is O=C(Cc1c(Cl)cccc1Cl)Nc1cc2c(cc1Cl)OCCCO2. The largest absolute Gasteiger partial charge is 0.490 e. The van der Waals surface area contributed by atoms with Crippen LogP contribution >= 0.6 is 34.8 Å². The second-order valence-electron chi connectivity index (χ2n) is 5.25. The summed E-state index contributed by atoms with van der Waals surface area (Å²) < 4.78 is 11.2. The highest BCUT2D eigenvalue weighted by Gasteiger charge is 2.17. The van der Waals surface area contributed by atoms with Crippen molar-refractivity contribution < 1.29 is 14.3 Å². The minimum Gasteiger partial charge on any atom is -0.490 e. The third kappa shape index (κ3) is 3.89. The second kappa shape index (κ2) is 7.51. The van der Waals surface area contributed by atoms with Gasteiger partial charge in [-0.3, -0.25) is 4.79 Å². The van der Waals surface area contributed by atoms with Crippen molar-refractivity contribution in [2.45, 2.75) is 12.8 Å². The van der Waals surface area contributed by atoms with Crippen molar-refractivity contribution in [3.05, 3.63) is 51.0 Å². The predicted molar refractivity (Wildman–Crippen MR) is 95.9 cm³/mol. The van der Waals surface area contributed by atoms with Crippen LogP contribution in [0.15, 0.2) is 30.3 Å². The molecule has 4 nitrogen and oxygen atoms in total. The molecule has 1 heterocycles. The van der Waals surface area contributed by atoms with Gasteiger partial charge in [0.15, 0.2) is 11.5 Å². The Balaban J connectivity index is 1.78. The van der Waals surface area contributed by atoms with E-state index in [0.29, 0.717) is 51.0 Å². The van der Waals surface area contributed by atoms with Gasteiger partial charge in [-0.2, -0.15) is 0 Å². The van der Waals surface area contributed by atoms with Crippen LogP contribution in [0.4, 0.5) is 5.69 Å². The van der Waals surface area contributed by atoms with E-state index >= 15 is 0 Å². The van der Waals surface area contributed by atoms with Crippen LogP contribution in [0, 0.1) is 0 Å². The molecule has 3 rings (SSSR count). The standard InChI is InChI=1S/C17H14Cl3NO3/c18-11-3-1-4-12(19)10(11)7-17(22)21-14-9-16-15(8-13(14)20)23-5-2-6-24-16/h1,3-4,8-9H,2,5-7H2,(H,21,22). The van der Waals surface area contributed by atoms with Crippen LogP contribution in [-0.2, 0) is 11.2 Å². The van der Waals surface area contributed by atoms with Crippen molar-refractivity contribution in [2.75, 3.05) is 18.5 Å². The fourth-order valence-electron chi connectivity index (χ4n) is 2.34. The average molecular weight is 387 g/mol. The topological polar surface area (TPSA) is 47.6 Å². The minimum atomic E-state index is -0.276. The first kappa shape index (κ1) is 17.2. The lowest BCUT2D eigenvalue weighted by Crippen LogP contribution is -2.15. The molecule has 1 amide bonds. The molecule has 1 aliphatic heterocycles. The molecule has 1 N–H and O–H groups in total. The van der Waals surface area contributed by atoms with E-state index in [1.54, 1.807) is 30.3 Å². The summed E-state index contributed by atoms with van der Waals surface area (Å²) in [5.41, 5.74) is 1.03. The van der Waals surface area contributed by atoms with Crippen LogP contribution in [-0.4, -0.2) is 19.1 Å². The normalized spacial score (nSPS) is 13.3. The van der Waals surface area contributed by atoms with Gasteiger partial charge in [0.05, 0.1) is 30.3 Å². The van der Waals surface area contributed by atoms with Gasteiger partial charge in [0, 0.05) is 28.6 Å². The highest BCUT2D eigenvalue weighted by Crippen LogP contribution is 2.37. The number of benzene rings is 2. The van der Waals surface area contributed by atoms with Crippen molar-refractivity contribution in [3.8, 4) is 11.5 Å². The van der Waals surface area contributed by atoms with Gasteiger partial charge >= 0.3 is 0 Å². The van der Waals surface area contributed by atoms with Crippen molar-refractivity contribution >= 4 is 46.4 Å². The van der Waals surface area contributed by atoms with Crippen LogP contribution in [0.3, 0.4) is 0 Å². The van der Waals surface area contributed by atoms with Gasteiger partial charge in [-0.25, -0.2) is 0 Å². The average Bonchev–Trinajstić information content (AvgIpc) is 2.76. The number of carbonyl (C=O) groups excluding carboxylic acids is 1. The number of carbonyl (C=O) groups is 1. The first-order valence-corrected chi connectivity index (χ1v) is 8.50. The summed E-state index contributed by atoms with van der Waals surface area (Å²) in [5.74, 6) is 0.856. The van der Waals surface area contributed by atoms with Gasteiger partial charge in [0.25, 0.3) is 0 Å². The molecule has 0 aliphatic carbocycles. The molecule has 1 aliphatic rings. The summed E-state index contributed by atoms with van der Waals surface area (Å²) in [5, 5.41) is 4.03. The Morgan fingerprint density at radius 3 is 2.29 bits per heavy atom. The lowest BCUT2D eigenvalue weighted by Gasteiger charge is -2.13. The summed E-state index contributed by atoms with van der Waals surface area (Å²) in [6, 6.07) is 8.41. The first-order valence-electron chi connectivity index (χ1n) is 7.36. The minimum absolute atomic E-state index is 0.0449. The van der Waals surface area contributed by atoms with Gasteiger partial charge in [-0.1, -0.05) is 40.9 Å². The zero-order chi connectivity index (χ0) is 17.1. The number of hydrogen-bond donors (Lipinski definition) is 1. The van der Waals surface area contributed by atoms with E-state index in [0.717, 1.165) is 6.42 Å². The maximum Gasteiger partial charge on any atom is 0.228 e. The van der Waals surface area contributed by atoms with E-state index in [2.05, 4.69) is 5.32 Å². The molecule has 0 unspecified atom stereocenters. The summed E-state index contributed by atoms with van der Waals surface area (Å²) in [6.45, 7) is 1.12. The van der Waals surface area contributed by atoms with E-state index in [9.17, 15) is 4.79 Å². The van der Waals surface area contributed by atoms with E-state index in [4.69, 9.17) is 44.3 Å². The summed E-state index contributed by atoms with van der Waals surface area (Å²) in [4.78, 5) is 12.3. The zero-order valence-electron chi connectivity index (χ0n) is 12.6. The molecule has 0 aromatic heterocycles. The molecule has 0 bridgehead atoms. The Bertz CT molecular complexity index is 760. The molecule has 2 aromatic carbocycles. The summed E-state index contributed by atoms with van der Waals surface area (Å²) in [7, 11) is 0. The highest BCUT2D eigenvalue weighted by molar-refractivity contribution is 6.36. The quantitative estimate of drug-likeness (QED) is 0.808. The Kier molecular flexibility index (Phi) is 5.39. The van der Waals surface area contributed by atoms with Crippen molar-refractivity contribution in [1.29, 1.82) is 0 Å². The lowest BCUT2D eigenvalue weighted by atomic mass is 10.1. The van der Waals surface area contributed by atoms with Gasteiger partial charge in [-0.05, 0) is 17.7 Å². The summed E-state index contributed by atoms with van der Waals surface area (Å²) in [6.07, 6.45) is 0.836. The molecule has 0 fully saturated rings.